The van der Waals surface area contributed by atoms with Crippen LogP contribution in [0.25, 0.3) is 0 Å². The van der Waals surface area contributed by atoms with Crippen LogP contribution < -0.4 is 0 Å². The second kappa shape index (κ2) is 6.76. The third-order valence-electron chi connectivity index (χ3n) is 2.22. The summed E-state index contributed by atoms with van der Waals surface area (Å²) in [6.07, 6.45) is 0. The van der Waals surface area contributed by atoms with Gasteiger partial charge in [-0.1, -0.05) is 6.92 Å². The molecule has 1 unspecified atom stereocenters. The molecule has 0 saturated carbocycles. The van der Waals surface area contributed by atoms with Gasteiger partial charge < -0.3 is 14.6 Å². The minimum atomic E-state index is -1.46. The Morgan fingerprint density at radius 3 is 2.47 bits per heavy atom. The van der Waals surface area contributed by atoms with Gasteiger partial charge in [-0.05, 0) is 13.5 Å². The summed E-state index contributed by atoms with van der Waals surface area (Å²) in [5.41, 5.74) is -1.46. The molecule has 0 spiro atoms. The lowest BCUT2D eigenvalue weighted by Crippen LogP contribution is -2.48. The largest absolute Gasteiger partial charge is 0.467 e. The Kier molecular flexibility index (Phi) is 6.47. The first-order valence-corrected chi connectivity index (χ1v) is 5.00. The second-order valence-electron chi connectivity index (χ2n) is 3.63. The summed E-state index contributed by atoms with van der Waals surface area (Å²) >= 11 is 0. The third-order valence-corrected chi connectivity index (χ3v) is 2.22. The first kappa shape index (κ1) is 14.3. The predicted octanol–water partition coefficient (Wildman–Crippen LogP) is -0.121. The quantitative estimate of drug-likeness (QED) is 0.605. The zero-order valence-electron chi connectivity index (χ0n) is 9.95. The summed E-state index contributed by atoms with van der Waals surface area (Å²) < 4.78 is 9.45. The van der Waals surface area contributed by atoms with Gasteiger partial charge in [-0.3, -0.25) is 4.90 Å². The average Bonchev–Trinajstić information content (AvgIpc) is 2.22. The molecule has 15 heavy (non-hydrogen) atoms. The number of hydrogen-bond donors (Lipinski definition) is 1. The van der Waals surface area contributed by atoms with Crippen LogP contribution in [0.3, 0.4) is 0 Å². The summed E-state index contributed by atoms with van der Waals surface area (Å²) in [5, 5.41) is 9.83. The van der Waals surface area contributed by atoms with Crippen LogP contribution in [-0.4, -0.2) is 62.0 Å². The van der Waals surface area contributed by atoms with Gasteiger partial charge in [0.25, 0.3) is 0 Å². The van der Waals surface area contributed by atoms with Crippen LogP contribution in [0.15, 0.2) is 0 Å². The van der Waals surface area contributed by atoms with Crippen molar-refractivity contribution in [2.75, 3.05) is 40.5 Å². The predicted molar refractivity (Wildman–Crippen MR) is 56.6 cm³/mol. The standard InChI is InChI=1S/C10H21NO4/c1-5-11(6-7-14-3)8-10(2,13)9(12)15-4/h13H,5-8H2,1-4H3. The Labute approximate surface area is 91.0 Å². The third kappa shape index (κ3) is 5.11. The van der Waals surface area contributed by atoms with Crippen molar-refractivity contribution in [1.82, 2.24) is 4.90 Å². The number of carbonyl (C=O) groups excluding carboxylic acids is 1. The van der Waals surface area contributed by atoms with Crippen molar-refractivity contribution in [1.29, 1.82) is 0 Å². The highest BCUT2D eigenvalue weighted by Crippen LogP contribution is 2.08. The molecule has 5 heteroatoms. The number of esters is 1. The van der Waals surface area contributed by atoms with Crippen LogP contribution in [0.5, 0.6) is 0 Å². The zero-order valence-corrected chi connectivity index (χ0v) is 9.95. The van der Waals surface area contributed by atoms with E-state index in [4.69, 9.17) is 4.74 Å². The summed E-state index contributed by atoms with van der Waals surface area (Å²) in [5.74, 6) is -0.613. The lowest BCUT2D eigenvalue weighted by molar-refractivity contribution is -0.162. The van der Waals surface area contributed by atoms with Crippen molar-refractivity contribution in [3.05, 3.63) is 0 Å². The molecule has 0 heterocycles. The van der Waals surface area contributed by atoms with Crippen LogP contribution in [0, 0.1) is 0 Å². The average molecular weight is 219 g/mol. The number of rotatable bonds is 7. The van der Waals surface area contributed by atoms with Crippen LogP contribution in [0.1, 0.15) is 13.8 Å². The van der Waals surface area contributed by atoms with Crippen LogP contribution in [0.4, 0.5) is 0 Å². The van der Waals surface area contributed by atoms with Crippen molar-refractivity contribution < 1.29 is 19.4 Å². The molecule has 0 aliphatic carbocycles. The normalized spacial score (nSPS) is 15.1. The minimum absolute atomic E-state index is 0.250. The summed E-state index contributed by atoms with van der Waals surface area (Å²) in [4.78, 5) is 13.2. The molecule has 90 valence electrons. The van der Waals surface area contributed by atoms with Gasteiger partial charge in [0, 0.05) is 20.2 Å². The molecule has 0 aliphatic heterocycles. The topological polar surface area (TPSA) is 59.0 Å². The smallest absolute Gasteiger partial charge is 0.338 e. The molecule has 0 bridgehead atoms. The van der Waals surface area contributed by atoms with E-state index in [2.05, 4.69) is 4.74 Å². The molecule has 1 atom stereocenters. The van der Waals surface area contributed by atoms with Crippen molar-refractivity contribution in [2.45, 2.75) is 19.4 Å². The minimum Gasteiger partial charge on any atom is -0.467 e. The fraction of sp³-hybridized carbons (Fsp3) is 0.900. The molecule has 0 aromatic carbocycles. The molecule has 0 rings (SSSR count). The molecule has 0 amide bonds. The molecule has 0 saturated heterocycles. The van der Waals surface area contributed by atoms with Crippen molar-refractivity contribution >= 4 is 5.97 Å². The lowest BCUT2D eigenvalue weighted by Gasteiger charge is -2.28. The van der Waals surface area contributed by atoms with E-state index in [1.807, 2.05) is 11.8 Å². The van der Waals surface area contributed by atoms with E-state index >= 15 is 0 Å². The van der Waals surface area contributed by atoms with Gasteiger partial charge in [0.05, 0.1) is 13.7 Å². The van der Waals surface area contributed by atoms with Gasteiger partial charge in [0.2, 0.25) is 0 Å². The van der Waals surface area contributed by atoms with E-state index in [1.165, 1.54) is 14.0 Å². The summed E-state index contributed by atoms with van der Waals surface area (Å²) in [7, 11) is 2.88. The van der Waals surface area contributed by atoms with E-state index < -0.39 is 11.6 Å². The number of likely N-dealkylation sites (N-methyl/N-ethyl adjacent to an activating group) is 1. The summed E-state index contributed by atoms with van der Waals surface area (Å²) in [6.45, 7) is 5.67. The van der Waals surface area contributed by atoms with Gasteiger partial charge >= 0.3 is 5.97 Å². The molecule has 5 nitrogen and oxygen atoms in total. The summed E-state index contributed by atoms with van der Waals surface area (Å²) in [6, 6.07) is 0. The molecular formula is C10H21NO4. The molecule has 0 fully saturated rings. The molecule has 0 aliphatic rings. The van der Waals surface area contributed by atoms with Gasteiger partial charge in [0.15, 0.2) is 5.60 Å². The van der Waals surface area contributed by atoms with Gasteiger partial charge in [-0.15, -0.1) is 0 Å². The first-order valence-electron chi connectivity index (χ1n) is 5.00. The molecule has 0 aromatic heterocycles. The fourth-order valence-corrected chi connectivity index (χ4v) is 1.29. The first-order chi connectivity index (χ1) is 6.97. The van der Waals surface area contributed by atoms with Gasteiger partial charge in [-0.2, -0.15) is 0 Å². The van der Waals surface area contributed by atoms with E-state index in [0.29, 0.717) is 13.2 Å². The van der Waals surface area contributed by atoms with Gasteiger partial charge in [0.1, 0.15) is 0 Å². The Hall–Kier alpha value is -0.650. The maximum atomic E-state index is 11.2. The van der Waals surface area contributed by atoms with Crippen LogP contribution >= 0.6 is 0 Å². The number of carbonyl (C=O) groups is 1. The van der Waals surface area contributed by atoms with Crippen LogP contribution in [0.2, 0.25) is 0 Å². The van der Waals surface area contributed by atoms with E-state index in [-0.39, 0.29) is 6.54 Å². The fourth-order valence-electron chi connectivity index (χ4n) is 1.29. The maximum absolute atomic E-state index is 11.2. The zero-order chi connectivity index (χ0) is 11.9. The maximum Gasteiger partial charge on any atom is 0.338 e. The SMILES string of the molecule is CCN(CCOC)CC(C)(O)C(=O)OC. The molecular weight excluding hydrogens is 198 g/mol. The molecule has 0 aromatic rings. The van der Waals surface area contributed by atoms with Crippen molar-refractivity contribution in [2.24, 2.45) is 0 Å². The Morgan fingerprint density at radius 1 is 1.47 bits per heavy atom. The Balaban J connectivity index is 4.20. The van der Waals surface area contributed by atoms with Crippen molar-refractivity contribution in [3.8, 4) is 0 Å². The number of nitrogens with zero attached hydrogens (tertiary/aromatic N) is 1. The Morgan fingerprint density at radius 2 is 2.07 bits per heavy atom. The number of ether oxygens (including phenoxy) is 2. The number of aliphatic hydroxyl groups is 1. The number of hydrogen-bond acceptors (Lipinski definition) is 5. The van der Waals surface area contributed by atoms with E-state index in [0.717, 1.165) is 6.54 Å². The highest BCUT2D eigenvalue weighted by atomic mass is 16.5. The highest BCUT2D eigenvalue weighted by Gasteiger charge is 2.33. The van der Waals surface area contributed by atoms with Gasteiger partial charge in [-0.25, -0.2) is 4.79 Å². The van der Waals surface area contributed by atoms with E-state index in [9.17, 15) is 9.90 Å². The molecule has 0 radical (unpaired) electrons. The van der Waals surface area contributed by atoms with E-state index in [1.54, 1.807) is 7.11 Å². The number of methoxy groups -OCH3 is 2. The lowest BCUT2D eigenvalue weighted by atomic mass is 10.1. The Bertz CT molecular complexity index is 194. The molecule has 1 N–H and O–H groups in total. The van der Waals surface area contributed by atoms with Crippen molar-refractivity contribution in [3.63, 3.8) is 0 Å². The second-order valence-corrected chi connectivity index (χ2v) is 3.63. The highest BCUT2D eigenvalue weighted by molar-refractivity contribution is 5.78. The monoisotopic (exact) mass is 219 g/mol. The van der Waals surface area contributed by atoms with Crippen LogP contribution in [-0.2, 0) is 14.3 Å².